The van der Waals surface area contributed by atoms with Gasteiger partial charge < -0.3 is 0 Å². The molecule has 0 N–H and O–H groups in total. The zero-order valence-electron chi connectivity index (χ0n) is 8.68. The third kappa shape index (κ3) is 2.65. The first-order valence-electron chi connectivity index (χ1n) is 5.06. The second-order valence-electron chi connectivity index (χ2n) is 3.65. The number of terminal acetylenes is 1. The van der Waals surface area contributed by atoms with Gasteiger partial charge in [0, 0.05) is 23.6 Å². The van der Waals surface area contributed by atoms with Crippen molar-refractivity contribution in [1.82, 2.24) is 4.90 Å². The largest absolute Gasteiger partial charge is 0.290 e. The number of hydrogen-bond acceptors (Lipinski definition) is 2. The van der Waals surface area contributed by atoms with Crippen LogP contribution in [0.15, 0.2) is 0 Å². The van der Waals surface area contributed by atoms with Crippen molar-refractivity contribution in [2.45, 2.75) is 31.4 Å². The van der Waals surface area contributed by atoms with E-state index in [-0.39, 0.29) is 0 Å². The van der Waals surface area contributed by atoms with Crippen LogP contribution in [0.25, 0.3) is 0 Å². The Morgan fingerprint density at radius 1 is 1.46 bits per heavy atom. The lowest BCUT2D eigenvalue weighted by atomic mass is 10.0. The fourth-order valence-corrected chi connectivity index (χ4v) is 3.33. The lowest BCUT2D eigenvalue weighted by Gasteiger charge is -2.40. The van der Waals surface area contributed by atoms with Gasteiger partial charge in [0.25, 0.3) is 0 Å². The Kier molecular flexibility index (Phi) is 4.15. The molecule has 1 fully saturated rings. The summed E-state index contributed by atoms with van der Waals surface area (Å²) < 4.78 is 0.481. The van der Waals surface area contributed by atoms with Gasteiger partial charge in [-0.25, -0.2) is 0 Å². The van der Waals surface area contributed by atoms with Crippen LogP contribution in [-0.2, 0) is 0 Å². The predicted molar refractivity (Wildman–Crippen MR) is 61.0 cm³/mol. The van der Waals surface area contributed by atoms with Crippen LogP contribution < -0.4 is 0 Å². The van der Waals surface area contributed by atoms with Gasteiger partial charge in [0.15, 0.2) is 0 Å². The smallest absolute Gasteiger partial charge is 0.0599 e. The number of thioether (sulfide) groups is 1. The average Bonchev–Trinajstić information content (AvgIpc) is 2.19. The topological polar surface area (TPSA) is 3.24 Å². The molecule has 0 saturated carbocycles. The second kappa shape index (κ2) is 4.93. The molecule has 1 rings (SSSR count). The van der Waals surface area contributed by atoms with E-state index in [1.165, 1.54) is 25.1 Å². The molecule has 1 heterocycles. The number of nitrogens with zero attached hydrogens (tertiary/aromatic N) is 1. The summed E-state index contributed by atoms with van der Waals surface area (Å²) in [7, 11) is 0. The van der Waals surface area contributed by atoms with Crippen LogP contribution >= 0.6 is 11.8 Å². The molecule has 0 radical (unpaired) electrons. The van der Waals surface area contributed by atoms with Crippen molar-refractivity contribution >= 4 is 11.8 Å². The third-order valence-electron chi connectivity index (χ3n) is 2.93. The van der Waals surface area contributed by atoms with Crippen molar-refractivity contribution in [2.24, 2.45) is 0 Å². The molecule has 0 atom stereocenters. The van der Waals surface area contributed by atoms with Crippen molar-refractivity contribution in [3.63, 3.8) is 0 Å². The summed E-state index contributed by atoms with van der Waals surface area (Å²) in [6.07, 6.45) is 7.85. The molecule has 0 spiro atoms. The van der Waals surface area contributed by atoms with Gasteiger partial charge in [-0.2, -0.15) is 11.8 Å². The third-order valence-corrected chi connectivity index (χ3v) is 4.64. The highest BCUT2D eigenvalue weighted by Gasteiger charge is 2.32. The van der Waals surface area contributed by atoms with Crippen molar-refractivity contribution in [2.75, 3.05) is 25.4 Å². The van der Waals surface area contributed by atoms with E-state index in [2.05, 4.69) is 36.4 Å². The Labute approximate surface area is 86.3 Å². The zero-order chi connectivity index (χ0) is 9.73. The molecule has 13 heavy (non-hydrogen) atoms. The molecule has 0 aromatic heterocycles. The fourth-order valence-electron chi connectivity index (χ4n) is 1.87. The van der Waals surface area contributed by atoms with E-state index >= 15 is 0 Å². The monoisotopic (exact) mass is 197 g/mol. The summed E-state index contributed by atoms with van der Waals surface area (Å²) in [6.45, 7) is 7.74. The first-order valence-corrected chi connectivity index (χ1v) is 6.04. The van der Waals surface area contributed by atoms with Gasteiger partial charge in [0.05, 0.1) is 6.54 Å². The first kappa shape index (κ1) is 10.9. The molecule has 2 heteroatoms. The van der Waals surface area contributed by atoms with Gasteiger partial charge in [-0.15, -0.1) is 6.42 Å². The highest BCUT2D eigenvalue weighted by molar-refractivity contribution is 8.00. The maximum Gasteiger partial charge on any atom is 0.0599 e. The Bertz CT molecular complexity index is 191. The Balaban J connectivity index is 2.54. The van der Waals surface area contributed by atoms with Crippen molar-refractivity contribution in [1.29, 1.82) is 0 Å². The lowest BCUT2D eigenvalue weighted by molar-refractivity contribution is 0.267. The van der Waals surface area contributed by atoms with Crippen LogP contribution in [-0.4, -0.2) is 35.0 Å². The Morgan fingerprint density at radius 3 is 2.69 bits per heavy atom. The normalized spacial score (nSPS) is 22.5. The molecule has 1 saturated heterocycles. The molecule has 1 aliphatic rings. The van der Waals surface area contributed by atoms with Crippen LogP contribution in [0, 0.1) is 12.3 Å². The molecule has 1 nitrogen and oxygen atoms in total. The minimum absolute atomic E-state index is 0.481. The predicted octanol–water partition coefficient (Wildman–Crippen LogP) is 2.23. The van der Waals surface area contributed by atoms with Crippen molar-refractivity contribution < 1.29 is 0 Å². The summed E-state index contributed by atoms with van der Waals surface area (Å²) in [6, 6.07) is 0. The fraction of sp³-hybridized carbons (Fsp3) is 0.818. The second-order valence-corrected chi connectivity index (χ2v) is 5.22. The van der Waals surface area contributed by atoms with Crippen LogP contribution in [0.5, 0.6) is 0 Å². The van der Waals surface area contributed by atoms with E-state index in [4.69, 9.17) is 6.42 Å². The minimum Gasteiger partial charge on any atom is -0.290 e. The molecule has 0 bridgehead atoms. The van der Waals surface area contributed by atoms with Gasteiger partial charge in [0.2, 0.25) is 0 Å². The molecule has 0 aromatic carbocycles. The van der Waals surface area contributed by atoms with Gasteiger partial charge in [0.1, 0.15) is 0 Å². The Hall–Kier alpha value is -0.130. The highest BCUT2D eigenvalue weighted by atomic mass is 32.2. The molecule has 0 amide bonds. The van der Waals surface area contributed by atoms with E-state index in [1.807, 2.05) is 0 Å². The van der Waals surface area contributed by atoms with Crippen molar-refractivity contribution in [3.8, 4) is 12.3 Å². The van der Waals surface area contributed by atoms with E-state index < -0.39 is 0 Å². The summed E-state index contributed by atoms with van der Waals surface area (Å²) in [5.74, 6) is 3.98. The molecule has 0 aliphatic carbocycles. The molecule has 0 aromatic rings. The maximum atomic E-state index is 5.33. The maximum absolute atomic E-state index is 5.33. The van der Waals surface area contributed by atoms with Gasteiger partial charge in [-0.3, -0.25) is 4.90 Å². The van der Waals surface area contributed by atoms with Gasteiger partial charge in [-0.05, 0) is 12.8 Å². The van der Waals surface area contributed by atoms with Crippen molar-refractivity contribution in [3.05, 3.63) is 0 Å². The standard InChI is InChI=1S/C11H19NS/c1-4-7-12-8-9-13-11(5-2,6-3)10-12/h1H,5-10H2,2-3H3. The quantitative estimate of drug-likeness (QED) is 0.638. The van der Waals surface area contributed by atoms with Crippen LogP contribution in [0.1, 0.15) is 26.7 Å². The molecular weight excluding hydrogens is 178 g/mol. The van der Waals surface area contributed by atoms with Crippen LogP contribution in [0.4, 0.5) is 0 Å². The Morgan fingerprint density at radius 2 is 2.15 bits per heavy atom. The summed E-state index contributed by atoms with van der Waals surface area (Å²) in [5, 5.41) is 0. The lowest BCUT2D eigenvalue weighted by Crippen LogP contribution is -2.45. The van der Waals surface area contributed by atoms with Crippen LogP contribution in [0.3, 0.4) is 0 Å². The average molecular weight is 197 g/mol. The summed E-state index contributed by atoms with van der Waals surface area (Å²) in [5.41, 5.74) is 0. The highest BCUT2D eigenvalue weighted by Crippen LogP contribution is 2.36. The molecule has 74 valence electrons. The molecular formula is C11H19NS. The van der Waals surface area contributed by atoms with Gasteiger partial charge in [-0.1, -0.05) is 19.8 Å². The summed E-state index contributed by atoms with van der Waals surface area (Å²) >= 11 is 2.13. The molecule has 0 unspecified atom stereocenters. The molecule has 1 aliphatic heterocycles. The van der Waals surface area contributed by atoms with Crippen LogP contribution in [0.2, 0.25) is 0 Å². The van der Waals surface area contributed by atoms with Gasteiger partial charge >= 0.3 is 0 Å². The number of rotatable bonds is 3. The SMILES string of the molecule is C#CCN1CCSC(CC)(CC)C1. The summed E-state index contributed by atoms with van der Waals surface area (Å²) in [4.78, 5) is 2.41. The zero-order valence-corrected chi connectivity index (χ0v) is 9.49. The van der Waals surface area contributed by atoms with E-state index in [9.17, 15) is 0 Å². The van der Waals surface area contributed by atoms with E-state index in [0.29, 0.717) is 4.75 Å². The van der Waals surface area contributed by atoms with E-state index in [1.54, 1.807) is 0 Å². The number of hydrogen-bond donors (Lipinski definition) is 0. The minimum atomic E-state index is 0.481. The first-order chi connectivity index (χ1) is 6.26. The van der Waals surface area contributed by atoms with E-state index in [0.717, 1.165) is 13.1 Å².